The second kappa shape index (κ2) is 5.77. The highest BCUT2D eigenvalue weighted by atomic mass is 32.1. The molecule has 21 heavy (non-hydrogen) atoms. The first kappa shape index (κ1) is 15.4. The molecule has 1 unspecified atom stereocenters. The predicted octanol–water partition coefficient (Wildman–Crippen LogP) is 3.67. The molecule has 1 aromatic rings. The summed E-state index contributed by atoms with van der Waals surface area (Å²) >= 11 is 4.70. The maximum absolute atomic E-state index is 13.2. The zero-order valence-corrected chi connectivity index (χ0v) is 11.4. The van der Waals surface area contributed by atoms with Crippen molar-refractivity contribution < 1.29 is 18.1 Å². The number of halogens is 3. The first-order chi connectivity index (χ1) is 9.80. The lowest BCUT2D eigenvalue weighted by molar-refractivity contribution is -0.490. The standard InChI is InChI=1S/C14H10F3NO2S/c15-14(16,17)12-10(8-9-4-2-1-3-5-9)6-7-11(13(12)21)18(19)20/h1-7,11H,8H2. The highest BCUT2D eigenvalue weighted by molar-refractivity contribution is 7.81. The Morgan fingerprint density at radius 1 is 1.24 bits per heavy atom. The van der Waals surface area contributed by atoms with Crippen LogP contribution < -0.4 is 0 Å². The fourth-order valence-electron chi connectivity index (χ4n) is 2.14. The van der Waals surface area contributed by atoms with Crippen LogP contribution in [0, 0.1) is 10.1 Å². The fourth-order valence-corrected chi connectivity index (χ4v) is 2.55. The Hall–Kier alpha value is -2.02. The Balaban J connectivity index is 2.44. The van der Waals surface area contributed by atoms with Crippen LogP contribution in [0.15, 0.2) is 53.6 Å². The molecule has 0 saturated heterocycles. The molecule has 0 bridgehead atoms. The summed E-state index contributed by atoms with van der Waals surface area (Å²) in [7, 11) is 0. The van der Waals surface area contributed by atoms with Gasteiger partial charge in [0.2, 0.25) is 0 Å². The van der Waals surface area contributed by atoms with Gasteiger partial charge in [-0.3, -0.25) is 10.1 Å². The predicted molar refractivity (Wildman–Crippen MR) is 75.7 cm³/mol. The lowest BCUT2D eigenvalue weighted by Crippen LogP contribution is -2.35. The van der Waals surface area contributed by atoms with Crippen LogP contribution in [0.4, 0.5) is 13.2 Å². The minimum atomic E-state index is -4.71. The van der Waals surface area contributed by atoms with Gasteiger partial charge in [-0.2, -0.15) is 13.2 Å². The molecule has 1 aliphatic carbocycles. The first-order valence-electron chi connectivity index (χ1n) is 6.01. The van der Waals surface area contributed by atoms with Gasteiger partial charge in [-0.25, -0.2) is 0 Å². The Morgan fingerprint density at radius 3 is 2.38 bits per heavy atom. The van der Waals surface area contributed by atoms with Crippen LogP contribution >= 0.6 is 12.2 Å². The van der Waals surface area contributed by atoms with Gasteiger partial charge in [0, 0.05) is 4.92 Å². The summed E-state index contributed by atoms with van der Waals surface area (Å²) in [6.45, 7) is 0. The normalized spacial score (nSPS) is 19.0. The van der Waals surface area contributed by atoms with Crippen LogP contribution in [0.2, 0.25) is 0 Å². The first-order valence-corrected chi connectivity index (χ1v) is 6.41. The van der Waals surface area contributed by atoms with Crippen LogP contribution in [0.3, 0.4) is 0 Å². The van der Waals surface area contributed by atoms with Gasteiger partial charge >= 0.3 is 6.18 Å². The van der Waals surface area contributed by atoms with Crippen molar-refractivity contribution in [2.45, 2.75) is 18.6 Å². The summed E-state index contributed by atoms with van der Waals surface area (Å²) < 4.78 is 39.5. The molecule has 1 atom stereocenters. The lowest BCUT2D eigenvalue weighted by Gasteiger charge is -2.21. The number of allylic oxidation sites excluding steroid dienone is 2. The molecule has 0 spiro atoms. The third kappa shape index (κ3) is 3.36. The van der Waals surface area contributed by atoms with E-state index in [1.165, 1.54) is 0 Å². The third-order valence-electron chi connectivity index (χ3n) is 3.06. The van der Waals surface area contributed by atoms with Crippen LogP contribution in [0.1, 0.15) is 5.56 Å². The molecule has 0 fully saturated rings. The second-order valence-electron chi connectivity index (χ2n) is 4.51. The van der Waals surface area contributed by atoms with E-state index in [-0.39, 0.29) is 12.0 Å². The molecule has 0 saturated carbocycles. The Morgan fingerprint density at radius 2 is 1.86 bits per heavy atom. The van der Waals surface area contributed by atoms with Gasteiger partial charge in [-0.15, -0.1) is 0 Å². The van der Waals surface area contributed by atoms with Gasteiger partial charge in [0.1, 0.15) is 4.86 Å². The van der Waals surface area contributed by atoms with Crippen molar-refractivity contribution in [1.29, 1.82) is 0 Å². The van der Waals surface area contributed by atoms with E-state index in [1.54, 1.807) is 30.3 Å². The zero-order valence-electron chi connectivity index (χ0n) is 10.6. The number of thiocarbonyl (C=S) groups is 1. The molecule has 3 nitrogen and oxygen atoms in total. The number of hydrogen-bond donors (Lipinski definition) is 0. The number of hydrogen-bond acceptors (Lipinski definition) is 3. The number of alkyl halides is 3. The van der Waals surface area contributed by atoms with Crippen LogP contribution in [0.5, 0.6) is 0 Å². The Bertz CT molecular complexity index is 635. The zero-order chi connectivity index (χ0) is 15.6. The summed E-state index contributed by atoms with van der Waals surface area (Å²) in [4.78, 5) is 9.28. The number of rotatable bonds is 3. The molecule has 0 aliphatic heterocycles. The van der Waals surface area contributed by atoms with Crippen LogP contribution in [-0.4, -0.2) is 22.0 Å². The molecule has 7 heteroatoms. The lowest BCUT2D eigenvalue weighted by atomic mass is 9.90. The fraction of sp³-hybridized carbons (Fsp3) is 0.214. The number of nitrogens with zero attached hydrogens (tertiary/aromatic N) is 1. The average Bonchev–Trinajstić information content (AvgIpc) is 2.38. The van der Waals surface area contributed by atoms with Gasteiger partial charge in [-0.05, 0) is 23.6 Å². The quantitative estimate of drug-likeness (QED) is 0.486. The van der Waals surface area contributed by atoms with E-state index in [0.29, 0.717) is 5.56 Å². The number of nitro groups is 1. The maximum atomic E-state index is 13.2. The van der Waals surface area contributed by atoms with Crippen molar-refractivity contribution in [3.8, 4) is 0 Å². The molecule has 1 aromatic carbocycles. The molecule has 0 N–H and O–H groups in total. The topological polar surface area (TPSA) is 43.1 Å². The van der Waals surface area contributed by atoms with Crippen molar-refractivity contribution >= 4 is 17.1 Å². The molecule has 0 heterocycles. The van der Waals surface area contributed by atoms with Crippen molar-refractivity contribution in [2.75, 3.05) is 0 Å². The molecular weight excluding hydrogens is 303 g/mol. The van der Waals surface area contributed by atoms with Crippen LogP contribution in [0.25, 0.3) is 0 Å². The minimum Gasteiger partial charge on any atom is -0.264 e. The van der Waals surface area contributed by atoms with Gasteiger partial charge < -0.3 is 0 Å². The van der Waals surface area contributed by atoms with Crippen molar-refractivity contribution in [1.82, 2.24) is 0 Å². The average molecular weight is 313 g/mol. The molecular formula is C14H10F3NO2S. The summed E-state index contributed by atoms with van der Waals surface area (Å²) in [6.07, 6.45) is -2.42. The summed E-state index contributed by atoms with van der Waals surface area (Å²) in [5.74, 6) is 0. The van der Waals surface area contributed by atoms with Crippen molar-refractivity contribution in [3.05, 3.63) is 69.3 Å². The molecule has 0 radical (unpaired) electrons. The molecule has 0 amide bonds. The summed E-state index contributed by atoms with van der Waals surface area (Å²) in [6, 6.07) is 6.97. The Labute approximate surface area is 123 Å². The minimum absolute atomic E-state index is 0.0246. The van der Waals surface area contributed by atoms with E-state index in [1.807, 2.05) is 0 Å². The Kier molecular flexibility index (Phi) is 4.22. The van der Waals surface area contributed by atoms with E-state index >= 15 is 0 Å². The van der Waals surface area contributed by atoms with E-state index in [0.717, 1.165) is 12.2 Å². The largest absolute Gasteiger partial charge is 0.418 e. The van der Waals surface area contributed by atoms with Gasteiger partial charge in [0.15, 0.2) is 0 Å². The van der Waals surface area contributed by atoms with E-state index in [2.05, 4.69) is 0 Å². The molecule has 1 aliphatic rings. The maximum Gasteiger partial charge on any atom is 0.418 e. The monoisotopic (exact) mass is 313 g/mol. The molecule has 2 rings (SSSR count). The summed E-state index contributed by atoms with van der Waals surface area (Å²) in [5.41, 5.74) is -0.427. The van der Waals surface area contributed by atoms with E-state index in [9.17, 15) is 23.3 Å². The van der Waals surface area contributed by atoms with E-state index < -0.39 is 27.6 Å². The summed E-state index contributed by atoms with van der Waals surface area (Å²) in [5, 5.41) is 10.8. The van der Waals surface area contributed by atoms with Crippen LogP contribution in [-0.2, 0) is 6.42 Å². The van der Waals surface area contributed by atoms with Gasteiger partial charge in [0.25, 0.3) is 6.04 Å². The van der Waals surface area contributed by atoms with Gasteiger partial charge in [0.05, 0.1) is 5.57 Å². The SMILES string of the molecule is O=[N+]([O-])C1C=CC(Cc2ccccc2)=C(C(F)(F)F)C1=S. The highest BCUT2D eigenvalue weighted by Crippen LogP contribution is 2.35. The van der Waals surface area contributed by atoms with E-state index in [4.69, 9.17) is 12.2 Å². The third-order valence-corrected chi connectivity index (χ3v) is 3.51. The van der Waals surface area contributed by atoms with Gasteiger partial charge in [-0.1, -0.05) is 48.6 Å². The molecule has 0 aromatic heterocycles. The van der Waals surface area contributed by atoms with Crippen molar-refractivity contribution in [2.24, 2.45) is 0 Å². The highest BCUT2D eigenvalue weighted by Gasteiger charge is 2.44. The smallest absolute Gasteiger partial charge is 0.264 e. The molecule has 110 valence electrons. The number of benzene rings is 1. The van der Waals surface area contributed by atoms with Crippen molar-refractivity contribution in [3.63, 3.8) is 0 Å². The second-order valence-corrected chi connectivity index (χ2v) is 4.95.